The number of fused-ring (bicyclic) bond motifs is 2. The van der Waals surface area contributed by atoms with E-state index in [0.29, 0.717) is 19.4 Å². The van der Waals surface area contributed by atoms with Crippen molar-refractivity contribution in [1.29, 1.82) is 0 Å². The van der Waals surface area contributed by atoms with E-state index in [-0.39, 0.29) is 18.7 Å². The Labute approximate surface area is 152 Å². The number of ether oxygens (including phenoxy) is 4. The zero-order valence-corrected chi connectivity index (χ0v) is 15.6. The average Bonchev–Trinajstić information content (AvgIpc) is 3.29. The van der Waals surface area contributed by atoms with Gasteiger partial charge in [-0.3, -0.25) is 9.59 Å². The standard InChI is InChI=1S/C19H26O7/c1-10-5-13(22)18(8-23-11(2)20)15(6-10)26-16-7-14(25-12(3)21)17(18,4)19(16)9-24-19/h6,13-16,22H,5,7-9H2,1-4H3/t13-,14?,15?,16?,17-,18+,19-/m1/s1. The van der Waals surface area contributed by atoms with E-state index in [0.717, 1.165) is 5.57 Å². The highest BCUT2D eigenvalue weighted by molar-refractivity contribution is 5.67. The zero-order chi connectivity index (χ0) is 18.9. The molecule has 2 aliphatic heterocycles. The van der Waals surface area contributed by atoms with Gasteiger partial charge in [-0.25, -0.2) is 0 Å². The third kappa shape index (κ3) is 2.05. The van der Waals surface area contributed by atoms with E-state index in [4.69, 9.17) is 18.9 Å². The van der Waals surface area contributed by atoms with E-state index >= 15 is 0 Å². The van der Waals surface area contributed by atoms with Crippen LogP contribution >= 0.6 is 0 Å². The maximum atomic E-state index is 11.8. The van der Waals surface area contributed by atoms with E-state index in [1.165, 1.54) is 13.8 Å². The van der Waals surface area contributed by atoms with Crippen molar-refractivity contribution in [1.82, 2.24) is 0 Å². The Balaban J connectivity index is 1.86. The van der Waals surface area contributed by atoms with E-state index in [1.54, 1.807) is 0 Å². The molecule has 4 rings (SSSR count). The molecule has 26 heavy (non-hydrogen) atoms. The molecule has 144 valence electrons. The number of carbonyl (C=O) groups is 2. The second kappa shape index (κ2) is 5.53. The lowest BCUT2D eigenvalue weighted by atomic mass is 9.50. The lowest BCUT2D eigenvalue weighted by Crippen LogP contribution is -2.71. The molecular weight excluding hydrogens is 340 g/mol. The summed E-state index contributed by atoms with van der Waals surface area (Å²) < 4.78 is 23.4. The Morgan fingerprint density at radius 3 is 2.62 bits per heavy atom. The molecule has 0 radical (unpaired) electrons. The molecule has 7 nitrogen and oxygen atoms in total. The number of epoxide rings is 1. The van der Waals surface area contributed by atoms with Crippen LogP contribution in [0.25, 0.3) is 0 Å². The van der Waals surface area contributed by atoms with Crippen LogP contribution in [0, 0.1) is 10.8 Å². The summed E-state index contributed by atoms with van der Waals surface area (Å²) in [6.45, 7) is 7.14. The molecule has 1 spiro atoms. The highest BCUT2D eigenvalue weighted by atomic mass is 16.6. The van der Waals surface area contributed by atoms with Crippen LogP contribution < -0.4 is 0 Å². The summed E-state index contributed by atoms with van der Waals surface area (Å²) in [6, 6.07) is 0. The van der Waals surface area contributed by atoms with Crippen molar-refractivity contribution in [3.05, 3.63) is 11.6 Å². The van der Waals surface area contributed by atoms with Crippen LogP contribution in [0.3, 0.4) is 0 Å². The highest BCUT2D eigenvalue weighted by Gasteiger charge is 2.84. The van der Waals surface area contributed by atoms with Crippen LogP contribution in [0.4, 0.5) is 0 Å². The lowest BCUT2D eigenvalue weighted by molar-refractivity contribution is -0.262. The summed E-state index contributed by atoms with van der Waals surface area (Å²) in [5.74, 6) is -0.800. The molecule has 0 amide bonds. The molecule has 2 heterocycles. The first-order chi connectivity index (χ1) is 12.2. The predicted molar refractivity (Wildman–Crippen MR) is 89.1 cm³/mol. The van der Waals surface area contributed by atoms with Crippen LogP contribution in [-0.2, 0) is 28.5 Å². The minimum Gasteiger partial charge on any atom is -0.465 e. The Morgan fingerprint density at radius 1 is 1.35 bits per heavy atom. The first-order valence-corrected chi connectivity index (χ1v) is 9.13. The summed E-state index contributed by atoms with van der Waals surface area (Å²) in [6.07, 6.45) is 1.03. The SMILES string of the molecule is CC(=O)OC[C@@]12C(C=C(C)C[C@H]1O)OC1CC(OC(C)=O)[C@@]2(C)[C@@]12CO2. The number of aliphatic hydroxyl groups excluding tert-OH is 1. The quantitative estimate of drug-likeness (QED) is 0.454. The van der Waals surface area contributed by atoms with Crippen molar-refractivity contribution < 1.29 is 33.6 Å². The van der Waals surface area contributed by atoms with Crippen molar-refractivity contribution in [2.75, 3.05) is 13.2 Å². The van der Waals surface area contributed by atoms with Crippen molar-refractivity contribution in [3.63, 3.8) is 0 Å². The fourth-order valence-corrected chi connectivity index (χ4v) is 5.70. The van der Waals surface area contributed by atoms with Crippen LogP contribution in [0.1, 0.15) is 40.5 Å². The fourth-order valence-electron chi connectivity index (χ4n) is 5.70. The summed E-state index contributed by atoms with van der Waals surface area (Å²) >= 11 is 0. The second-order valence-corrected chi connectivity index (χ2v) is 8.31. The second-order valence-electron chi connectivity index (χ2n) is 8.31. The molecule has 0 aromatic rings. The maximum absolute atomic E-state index is 11.8. The Morgan fingerprint density at radius 2 is 2.04 bits per heavy atom. The van der Waals surface area contributed by atoms with Gasteiger partial charge >= 0.3 is 11.9 Å². The third-order valence-electron chi connectivity index (χ3n) is 7.08. The number of carbonyl (C=O) groups excluding carboxylic acids is 2. The van der Waals surface area contributed by atoms with Gasteiger partial charge in [-0.05, 0) is 13.3 Å². The van der Waals surface area contributed by atoms with Crippen LogP contribution in [-0.4, -0.2) is 60.3 Å². The Bertz CT molecular complexity index is 681. The highest BCUT2D eigenvalue weighted by Crippen LogP contribution is 2.72. The van der Waals surface area contributed by atoms with E-state index in [1.807, 2.05) is 19.9 Å². The average molecular weight is 366 g/mol. The molecule has 2 bridgehead atoms. The zero-order valence-electron chi connectivity index (χ0n) is 15.6. The molecule has 7 atom stereocenters. The smallest absolute Gasteiger partial charge is 0.302 e. The molecule has 2 saturated heterocycles. The summed E-state index contributed by atoms with van der Waals surface area (Å²) in [4.78, 5) is 23.4. The van der Waals surface area contributed by atoms with Gasteiger partial charge < -0.3 is 24.1 Å². The van der Waals surface area contributed by atoms with E-state index < -0.39 is 40.7 Å². The molecule has 3 fully saturated rings. The predicted octanol–water partition coefficient (Wildman–Crippen LogP) is 1.12. The van der Waals surface area contributed by atoms with Gasteiger partial charge in [0, 0.05) is 20.3 Å². The molecule has 1 saturated carbocycles. The fraction of sp³-hybridized carbons (Fsp3) is 0.789. The molecular formula is C19H26O7. The van der Waals surface area contributed by atoms with Crippen LogP contribution in [0.2, 0.25) is 0 Å². The Hall–Kier alpha value is -1.44. The summed E-state index contributed by atoms with van der Waals surface area (Å²) in [5, 5.41) is 11.2. The van der Waals surface area contributed by atoms with E-state index in [2.05, 4.69) is 0 Å². The van der Waals surface area contributed by atoms with E-state index in [9.17, 15) is 14.7 Å². The van der Waals surface area contributed by atoms with Crippen molar-refractivity contribution in [2.45, 2.75) is 70.6 Å². The molecule has 3 unspecified atom stereocenters. The molecule has 2 aliphatic carbocycles. The minimum absolute atomic E-state index is 0.00988. The third-order valence-corrected chi connectivity index (χ3v) is 7.08. The molecule has 0 aromatic heterocycles. The first-order valence-electron chi connectivity index (χ1n) is 9.13. The lowest BCUT2D eigenvalue weighted by Gasteiger charge is -2.59. The molecule has 7 heteroatoms. The van der Waals surface area contributed by atoms with Gasteiger partial charge in [0.05, 0.1) is 35.7 Å². The molecule has 1 N–H and O–H groups in total. The van der Waals surface area contributed by atoms with Gasteiger partial charge in [-0.1, -0.05) is 18.6 Å². The Kier molecular flexibility index (Phi) is 3.82. The summed E-state index contributed by atoms with van der Waals surface area (Å²) in [7, 11) is 0. The number of hydrogen-bond donors (Lipinski definition) is 1. The number of esters is 2. The largest absolute Gasteiger partial charge is 0.465 e. The van der Waals surface area contributed by atoms with Crippen molar-refractivity contribution in [3.8, 4) is 0 Å². The monoisotopic (exact) mass is 366 g/mol. The molecule has 4 aliphatic rings. The van der Waals surface area contributed by atoms with Gasteiger partial charge in [0.25, 0.3) is 0 Å². The van der Waals surface area contributed by atoms with Crippen LogP contribution in [0.5, 0.6) is 0 Å². The van der Waals surface area contributed by atoms with Gasteiger partial charge in [0.15, 0.2) is 0 Å². The van der Waals surface area contributed by atoms with Crippen LogP contribution in [0.15, 0.2) is 11.6 Å². The van der Waals surface area contributed by atoms with Crippen molar-refractivity contribution >= 4 is 11.9 Å². The van der Waals surface area contributed by atoms with Gasteiger partial charge in [-0.2, -0.15) is 0 Å². The number of rotatable bonds is 3. The summed E-state index contributed by atoms with van der Waals surface area (Å²) in [5.41, 5.74) is -1.27. The van der Waals surface area contributed by atoms with Crippen molar-refractivity contribution in [2.24, 2.45) is 10.8 Å². The van der Waals surface area contributed by atoms with Gasteiger partial charge in [0.1, 0.15) is 18.3 Å². The van der Waals surface area contributed by atoms with Gasteiger partial charge in [-0.15, -0.1) is 0 Å². The normalized spacial score (nSPS) is 48.6. The minimum atomic E-state index is -0.943. The maximum Gasteiger partial charge on any atom is 0.302 e. The number of aliphatic hydroxyl groups is 1. The number of hydrogen-bond acceptors (Lipinski definition) is 7. The van der Waals surface area contributed by atoms with Gasteiger partial charge in [0.2, 0.25) is 0 Å². The topological polar surface area (TPSA) is 94.6 Å². The molecule has 0 aromatic carbocycles. The first kappa shape index (κ1) is 17.9.